The second kappa shape index (κ2) is 12.8. The van der Waals surface area contributed by atoms with Crippen molar-refractivity contribution in [1.29, 1.82) is 0 Å². The first kappa shape index (κ1) is 24.5. The molecule has 3 rings (SSSR count). The van der Waals surface area contributed by atoms with Crippen LogP contribution in [0.5, 0.6) is 0 Å². The number of nitrogens with one attached hydrogen (secondary N) is 1. The summed E-state index contributed by atoms with van der Waals surface area (Å²) in [7, 11) is 0. The van der Waals surface area contributed by atoms with E-state index in [9.17, 15) is 14.0 Å². The SMILES string of the molecule is CCNC(=O)[C@H](Cc1ccccc1)N(Cc1ccccc1F)C(=O)CSCc1ccccc1. The maximum atomic E-state index is 14.5. The van der Waals surface area contributed by atoms with Crippen molar-refractivity contribution in [3.05, 3.63) is 107 Å². The Morgan fingerprint density at radius 1 is 0.909 bits per heavy atom. The van der Waals surface area contributed by atoms with Crippen LogP contribution in [0, 0.1) is 5.82 Å². The fraction of sp³-hybridized carbons (Fsp3) is 0.259. The van der Waals surface area contributed by atoms with E-state index in [0.29, 0.717) is 24.3 Å². The number of likely N-dealkylation sites (N-methyl/N-ethyl adjacent to an activating group) is 1. The van der Waals surface area contributed by atoms with Crippen LogP contribution in [-0.2, 0) is 28.3 Å². The van der Waals surface area contributed by atoms with Crippen LogP contribution in [-0.4, -0.2) is 35.1 Å². The van der Waals surface area contributed by atoms with Crippen LogP contribution in [0.2, 0.25) is 0 Å². The Morgan fingerprint density at radius 3 is 2.15 bits per heavy atom. The van der Waals surface area contributed by atoms with Crippen LogP contribution in [0.1, 0.15) is 23.6 Å². The molecule has 33 heavy (non-hydrogen) atoms. The third kappa shape index (κ3) is 7.46. The van der Waals surface area contributed by atoms with E-state index in [1.165, 1.54) is 22.7 Å². The highest BCUT2D eigenvalue weighted by molar-refractivity contribution is 7.99. The Kier molecular flexibility index (Phi) is 9.51. The lowest BCUT2D eigenvalue weighted by Gasteiger charge is -2.31. The van der Waals surface area contributed by atoms with Gasteiger partial charge in [0.25, 0.3) is 0 Å². The number of carbonyl (C=O) groups is 2. The van der Waals surface area contributed by atoms with Crippen molar-refractivity contribution in [2.45, 2.75) is 31.7 Å². The molecule has 6 heteroatoms. The van der Waals surface area contributed by atoms with Crippen LogP contribution in [0.25, 0.3) is 0 Å². The molecule has 0 unspecified atom stereocenters. The molecule has 3 aromatic carbocycles. The van der Waals surface area contributed by atoms with E-state index < -0.39 is 6.04 Å². The summed E-state index contributed by atoms with van der Waals surface area (Å²) < 4.78 is 14.5. The van der Waals surface area contributed by atoms with Gasteiger partial charge in [-0.3, -0.25) is 9.59 Å². The Balaban J connectivity index is 1.84. The van der Waals surface area contributed by atoms with Crippen molar-refractivity contribution < 1.29 is 14.0 Å². The highest BCUT2D eigenvalue weighted by Crippen LogP contribution is 2.19. The molecule has 0 aromatic heterocycles. The molecule has 0 bridgehead atoms. The molecular weight excluding hydrogens is 435 g/mol. The second-order valence-corrected chi connectivity index (χ2v) is 8.68. The van der Waals surface area contributed by atoms with E-state index in [4.69, 9.17) is 0 Å². The highest BCUT2D eigenvalue weighted by atomic mass is 32.2. The van der Waals surface area contributed by atoms with Crippen LogP contribution >= 0.6 is 11.8 Å². The van der Waals surface area contributed by atoms with Gasteiger partial charge in [0.2, 0.25) is 11.8 Å². The average Bonchev–Trinajstić information content (AvgIpc) is 2.84. The number of thioether (sulfide) groups is 1. The van der Waals surface area contributed by atoms with E-state index in [1.54, 1.807) is 18.2 Å². The number of amides is 2. The minimum atomic E-state index is -0.739. The van der Waals surface area contributed by atoms with Gasteiger partial charge in [-0.1, -0.05) is 78.9 Å². The maximum absolute atomic E-state index is 14.5. The number of halogens is 1. The summed E-state index contributed by atoms with van der Waals surface area (Å²) in [6, 6.07) is 25.2. The van der Waals surface area contributed by atoms with Crippen molar-refractivity contribution in [1.82, 2.24) is 10.2 Å². The van der Waals surface area contributed by atoms with E-state index in [1.807, 2.05) is 67.6 Å². The molecule has 3 aromatic rings. The molecule has 0 spiro atoms. The quantitative estimate of drug-likeness (QED) is 0.442. The first-order valence-electron chi connectivity index (χ1n) is 11.0. The lowest BCUT2D eigenvalue weighted by atomic mass is 10.0. The second-order valence-electron chi connectivity index (χ2n) is 7.69. The lowest BCUT2D eigenvalue weighted by Crippen LogP contribution is -2.51. The third-order valence-corrected chi connectivity index (χ3v) is 6.25. The standard InChI is InChI=1S/C27H29FN2O2S/c1-2-29-27(32)25(17-21-11-5-3-6-12-21)30(18-23-15-9-10-16-24(23)28)26(31)20-33-19-22-13-7-4-8-14-22/h3-16,25H,2,17-20H2,1H3,(H,29,32)/t25-/m0/s1. The topological polar surface area (TPSA) is 49.4 Å². The summed E-state index contributed by atoms with van der Waals surface area (Å²) in [5, 5.41) is 2.85. The van der Waals surface area contributed by atoms with Crippen molar-refractivity contribution in [3.8, 4) is 0 Å². The molecule has 0 saturated carbocycles. The van der Waals surface area contributed by atoms with Crippen molar-refractivity contribution in [3.63, 3.8) is 0 Å². The van der Waals surface area contributed by atoms with E-state index in [2.05, 4.69) is 5.32 Å². The number of hydrogen-bond acceptors (Lipinski definition) is 3. The van der Waals surface area contributed by atoms with Gasteiger partial charge in [0.1, 0.15) is 11.9 Å². The number of benzene rings is 3. The van der Waals surface area contributed by atoms with Crippen molar-refractivity contribution >= 4 is 23.6 Å². The predicted molar refractivity (Wildman–Crippen MR) is 132 cm³/mol. The van der Waals surface area contributed by atoms with Crippen molar-refractivity contribution in [2.75, 3.05) is 12.3 Å². The summed E-state index contributed by atoms with van der Waals surface area (Å²) in [6.07, 6.45) is 0.357. The molecule has 0 radical (unpaired) electrons. The van der Waals surface area contributed by atoms with E-state index in [-0.39, 0.29) is 29.9 Å². The number of carbonyl (C=O) groups excluding carboxylic acids is 2. The Morgan fingerprint density at radius 2 is 1.52 bits per heavy atom. The summed E-state index contributed by atoms with van der Waals surface area (Å²) >= 11 is 1.49. The van der Waals surface area contributed by atoms with Gasteiger partial charge in [0.15, 0.2) is 0 Å². The molecule has 0 aliphatic rings. The largest absolute Gasteiger partial charge is 0.355 e. The summed E-state index contributed by atoms with van der Waals surface area (Å²) in [6.45, 7) is 2.33. The van der Waals surface area contributed by atoms with E-state index in [0.717, 1.165) is 11.1 Å². The maximum Gasteiger partial charge on any atom is 0.243 e. The zero-order chi connectivity index (χ0) is 23.5. The minimum absolute atomic E-state index is 0.0338. The highest BCUT2D eigenvalue weighted by Gasteiger charge is 2.30. The first-order valence-corrected chi connectivity index (χ1v) is 12.2. The number of nitrogens with zero attached hydrogens (tertiary/aromatic N) is 1. The van der Waals surface area contributed by atoms with Gasteiger partial charge in [-0.05, 0) is 24.1 Å². The molecule has 1 N–H and O–H groups in total. The molecule has 0 saturated heterocycles. The monoisotopic (exact) mass is 464 g/mol. The first-order chi connectivity index (χ1) is 16.1. The van der Waals surface area contributed by atoms with E-state index >= 15 is 0 Å². The molecule has 4 nitrogen and oxygen atoms in total. The normalized spacial score (nSPS) is 11.6. The molecule has 0 heterocycles. The lowest BCUT2D eigenvalue weighted by molar-refractivity contribution is -0.139. The molecule has 0 aliphatic heterocycles. The number of hydrogen-bond donors (Lipinski definition) is 1. The molecule has 0 aliphatic carbocycles. The van der Waals surface area contributed by atoms with Gasteiger partial charge < -0.3 is 10.2 Å². The van der Waals surface area contributed by atoms with Crippen LogP contribution < -0.4 is 5.32 Å². The minimum Gasteiger partial charge on any atom is -0.355 e. The van der Waals surface area contributed by atoms with Gasteiger partial charge in [-0.15, -0.1) is 11.8 Å². The number of rotatable bonds is 11. The summed E-state index contributed by atoms with van der Waals surface area (Å²) in [5.74, 6) is 0.0747. The summed E-state index contributed by atoms with van der Waals surface area (Å²) in [4.78, 5) is 28.0. The van der Waals surface area contributed by atoms with Crippen LogP contribution in [0.15, 0.2) is 84.9 Å². The molecule has 1 atom stereocenters. The van der Waals surface area contributed by atoms with Crippen molar-refractivity contribution in [2.24, 2.45) is 0 Å². The predicted octanol–water partition coefficient (Wildman–Crippen LogP) is 4.84. The fourth-order valence-electron chi connectivity index (χ4n) is 3.57. The third-order valence-electron chi connectivity index (χ3n) is 5.26. The Labute approximate surface area is 199 Å². The summed E-state index contributed by atoms with van der Waals surface area (Å²) in [5.41, 5.74) is 2.46. The zero-order valence-electron chi connectivity index (χ0n) is 18.7. The van der Waals surface area contributed by atoms with Crippen LogP contribution in [0.4, 0.5) is 4.39 Å². The molecule has 0 fully saturated rings. The van der Waals surface area contributed by atoms with Gasteiger partial charge >= 0.3 is 0 Å². The fourth-order valence-corrected chi connectivity index (χ4v) is 4.44. The molecular formula is C27H29FN2O2S. The van der Waals surface area contributed by atoms with Gasteiger partial charge in [-0.25, -0.2) is 4.39 Å². The average molecular weight is 465 g/mol. The van der Waals surface area contributed by atoms with Crippen LogP contribution in [0.3, 0.4) is 0 Å². The van der Waals surface area contributed by atoms with Gasteiger partial charge in [0, 0.05) is 30.8 Å². The smallest absolute Gasteiger partial charge is 0.243 e. The Bertz CT molecular complexity index is 1030. The Hall–Kier alpha value is -3.12. The zero-order valence-corrected chi connectivity index (χ0v) is 19.6. The molecule has 2 amide bonds. The molecule has 172 valence electrons. The van der Waals surface area contributed by atoms with Gasteiger partial charge in [-0.2, -0.15) is 0 Å². The van der Waals surface area contributed by atoms with Gasteiger partial charge in [0.05, 0.1) is 5.75 Å².